The Hall–Kier alpha value is -1.43. The van der Waals surface area contributed by atoms with E-state index in [-0.39, 0.29) is 24.2 Å². The lowest BCUT2D eigenvalue weighted by molar-refractivity contribution is -0.187. The van der Waals surface area contributed by atoms with Gasteiger partial charge in [-0.2, -0.15) is 0 Å². The molecular formula is C19H27NO4. The first-order valence-corrected chi connectivity index (χ1v) is 8.93. The monoisotopic (exact) mass is 333 g/mol. The lowest BCUT2D eigenvalue weighted by Gasteiger charge is -2.29. The van der Waals surface area contributed by atoms with E-state index in [1.807, 2.05) is 30.3 Å². The summed E-state index contributed by atoms with van der Waals surface area (Å²) < 4.78 is 11.7. The Morgan fingerprint density at radius 2 is 2.17 bits per heavy atom. The van der Waals surface area contributed by atoms with Gasteiger partial charge >= 0.3 is 5.97 Å². The number of carbonyl (C=O) groups is 1. The Bertz CT molecular complexity index is 529. The maximum absolute atomic E-state index is 11.6. The van der Waals surface area contributed by atoms with Crippen LogP contribution in [0.4, 0.5) is 0 Å². The number of ether oxygens (including phenoxy) is 2. The van der Waals surface area contributed by atoms with Crippen LogP contribution in [0.2, 0.25) is 0 Å². The number of rotatable bonds is 6. The predicted octanol–water partition coefficient (Wildman–Crippen LogP) is 2.76. The summed E-state index contributed by atoms with van der Waals surface area (Å²) in [6.07, 6.45) is 3.99. The molecule has 0 amide bonds. The summed E-state index contributed by atoms with van der Waals surface area (Å²) in [5.74, 6) is -0.565. The van der Waals surface area contributed by atoms with Gasteiger partial charge in [-0.1, -0.05) is 30.3 Å². The number of hydrogen-bond donors (Lipinski definition) is 2. The van der Waals surface area contributed by atoms with Crippen LogP contribution in [0.15, 0.2) is 30.3 Å². The number of carboxylic acids is 1. The van der Waals surface area contributed by atoms with Crippen molar-refractivity contribution in [3.8, 4) is 0 Å². The van der Waals surface area contributed by atoms with Crippen LogP contribution >= 0.6 is 0 Å². The SMILES string of the molecule is CC(CC1CN[C@H](C(=O)O)C1c1ccccc1)OC1CCCCO1. The molecule has 2 saturated heterocycles. The standard InChI is InChI=1S/C19H27NO4/c1-13(24-16-9-5-6-10-23-16)11-15-12-20-18(19(21)22)17(15)14-7-3-2-4-8-14/h2-4,7-8,13,15-18,20H,5-6,9-12H2,1H3,(H,21,22)/t13?,15?,16?,17?,18-/m0/s1. The van der Waals surface area contributed by atoms with Crippen LogP contribution in [-0.2, 0) is 14.3 Å². The van der Waals surface area contributed by atoms with Crippen molar-refractivity contribution in [3.05, 3.63) is 35.9 Å². The third kappa shape index (κ3) is 4.15. The van der Waals surface area contributed by atoms with Crippen molar-refractivity contribution in [2.75, 3.05) is 13.2 Å². The first-order chi connectivity index (χ1) is 11.6. The van der Waals surface area contributed by atoms with Gasteiger partial charge in [0.15, 0.2) is 6.29 Å². The molecule has 1 aromatic rings. The van der Waals surface area contributed by atoms with Crippen LogP contribution in [0.3, 0.4) is 0 Å². The molecule has 4 unspecified atom stereocenters. The molecule has 24 heavy (non-hydrogen) atoms. The minimum atomic E-state index is -0.782. The first kappa shape index (κ1) is 17.4. The van der Waals surface area contributed by atoms with Crippen LogP contribution in [0.5, 0.6) is 0 Å². The van der Waals surface area contributed by atoms with E-state index in [9.17, 15) is 9.90 Å². The van der Waals surface area contributed by atoms with Crippen LogP contribution in [0.1, 0.15) is 44.1 Å². The molecule has 0 aliphatic carbocycles. The molecule has 3 rings (SSSR count). The Balaban J connectivity index is 1.65. The average molecular weight is 333 g/mol. The number of aliphatic carboxylic acids is 1. The van der Waals surface area contributed by atoms with E-state index in [0.717, 1.165) is 37.9 Å². The van der Waals surface area contributed by atoms with E-state index in [1.165, 1.54) is 0 Å². The summed E-state index contributed by atoms with van der Waals surface area (Å²) in [6, 6.07) is 9.42. The van der Waals surface area contributed by atoms with Crippen LogP contribution in [-0.4, -0.2) is 42.7 Å². The lowest BCUT2D eigenvalue weighted by Crippen LogP contribution is -2.35. The Morgan fingerprint density at radius 1 is 1.38 bits per heavy atom. The Kier molecular flexibility index (Phi) is 5.87. The normalized spacial score (nSPS) is 31.7. The molecule has 2 N–H and O–H groups in total. The summed E-state index contributed by atoms with van der Waals surface area (Å²) in [5, 5.41) is 12.7. The molecule has 2 aliphatic heterocycles. The molecule has 1 aromatic carbocycles. The maximum atomic E-state index is 11.6. The predicted molar refractivity (Wildman–Crippen MR) is 90.9 cm³/mol. The number of nitrogens with one attached hydrogen (secondary N) is 1. The van der Waals surface area contributed by atoms with E-state index >= 15 is 0 Å². The lowest BCUT2D eigenvalue weighted by atomic mass is 9.81. The molecule has 2 aliphatic rings. The van der Waals surface area contributed by atoms with E-state index < -0.39 is 12.0 Å². The third-order valence-corrected chi connectivity index (χ3v) is 5.07. The van der Waals surface area contributed by atoms with Gasteiger partial charge in [0.05, 0.1) is 6.10 Å². The van der Waals surface area contributed by atoms with Crippen molar-refractivity contribution in [3.63, 3.8) is 0 Å². The number of benzene rings is 1. The second kappa shape index (κ2) is 8.10. The van der Waals surface area contributed by atoms with Gasteiger partial charge in [0.1, 0.15) is 6.04 Å². The van der Waals surface area contributed by atoms with Crippen LogP contribution in [0, 0.1) is 5.92 Å². The van der Waals surface area contributed by atoms with Gasteiger partial charge < -0.3 is 19.9 Å². The summed E-state index contributed by atoms with van der Waals surface area (Å²) >= 11 is 0. The van der Waals surface area contributed by atoms with Crippen molar-refractivity contribution < 1.29 is 19.4 Å². The molecular weight excluding hydrogens is 306 g/mol. The fourth-order valence-electron chi connectivity index (χ4n) is 3.97. The molecule has 0 spiro atoms. The number of hydrogen-bond acceptors (Lipinski definition) is 4. The van der Waals surface area contributed by atoms with Gasteiger partial charge in [-0.3, -0.25) is 4.79 Å². The van der Waals surface area contributed by atoms with Crippen molar-refractivity contribution in [1.29, 1.82) is 0 Å². The minimum Gasteiger partial charge on any atom is -0.480 e. The summed E-state index contributed by atoms with van der Waals surface area (Å²) in [7, 11) is 0. The van der Waals surface area contributed by atoms with E-state index in [1.54, 1.807) is 0 Å². The van der Waals surface area contributed by atoms with Crippen molar-refractivity contribution in [2.45, 2.75) is 57.0 Å². The quantitative estimate of drug-likeness (QED) is 0.838. The smallest absolute Gasteiger partial charge is 0.321 e. The molecule has 5 heteroatoms. The zero-order chi connectivity index (χ0) is 16.9. The van der Waals surface area contributed by atoms with Crippen LogP contribution < -0.4 is 5.32 Å². The highest BCUT2D eigenvalue weighted by Gasteiger charge is 2.41. The second-order valence-corrected chi connectivity index (χ2v) is 6.90. The summed E-state index contributed by atoms with van der Waals surface area (Å²) in [5.41, 5.74) is 1.08. The van der Waals surface area contributed by atoms with Gasteiger partial charge in [-0.25, -0.2) is 0 Å². The average Bonchev–Trinajstić information content (AvgIpc) is 3.00. The van der Waals surface area contributed by atoms with E-state index in [2.05, 4.69) is 12.2 Å². The number of carboxylic acid groups (broad SMARTS) is 1. The highest BCUT2D eigenvalue weighted by Crippen LogP contribution is 2.36. The molecule has 2 fully saturated rings. The van der Waals surface area contributed by atoms with Crippen molar-refractivity contribution in [1.82, 2.24) is 5.32 Å². The molecule has 0 bridgehead atoms. The largest absolute Gasteiger partial charge is 0.480 e. The highest BCUT2D eigenvalue weighted by molar-refractivity contribution is 5.75. The third-order valence-electron chi connectivity index (χ3n) is 5.07. The van der Waals surface area contributed by atoms with Crippen molar-refractivity contribution in [2.24, 2.45) is 5.92 Å². The van der Waals surface area contributed by atoms with Gasteiger partial charge in [0.25, 0.3) is 0 Å². The van der Waals surface area contributed by atoms with Crippen molar-refractivity contribution >= 4 is 5.97 Å². The molecule has 0 aromatic heterocycles. The molecule has 5 nitrogen and oxygen atoms in total. The molecule has 0 radical (unpaired) electrons. The molecule has 2 heterocycles. The second-order valence-electron chi connectivity index (χ2n) is 6.90. The first-order valence-electron chi connectivity index (χ1n) is 8.93. The van der Waals surface area contributed by atoms with E-state index in [0.29, 0.717) is 6.54 Å². The minimum absolute atomic E-state index is 0.0259. The molecule has 0 saturated carbocycles. The van der Waals surface area contributed by atoms with Gasteiger partial charge in [0, 0.05) is 12.5 Å². The molecule has 5 atom stereocenters. The van der Waals surface area contributed by atoms with Gasteiger partial charge in [0.2, 0.25) is 0 Å². The maximum Gasteiger partial charge on any atom is 0.321 e. The van der Waals surface area contributed by atoms with Gasteiger partial charge in [-0.15, -0.1) is 0 Å². The van der Waals surface area contributed by atoms with E-state index in [4.69, 9.17) is 9.47 Å². The zero-order valence-electron chi connectivity index (χ0n) is 14.2. The fraction of sp³-hybridized carbons (Fsp3) is 0.632. The zero-order valence-corrected chi connectivity index (χ0v) is 14.2. The van der Waals surface area contributed by atoms with Gasteiger partial charge in [-0.05, 0) is 50.6 Å². The summed E-state index contributed by atoms with van der Waals surface area (Å²) in [6.45, 7) is 3.54. The fourth-order valence-corrected chi connectivity index (χ4v) is 3.97. The van der Waals surface area contributed by atoms with Crippen LogP contribution in [0.25, 0.3) is 0 Å². The Labute approximate surface area is 143 Å². The molecule has 132 valence electrons. The topological polar surface area (TPSA) is 67.8 Å². The summed E-state index contributed by atoms with van der Waals surface area (Å²) in [4.78, 5) is 11.6. The highest BCUT2D eigenvalue weighted by atomic mass is 16.7. The Morgan fingerprint density at radius 3 is 2.83 bits per heavy atom.